The summed E-state index contributed by atoms with van der Waals surface area (Å²) in [6.07, 6.45) is 1.58. The number of aromatic nitrogens is 1. The number of hydrogen-bond donors (Lipinski definition) is 2. The number of benzene rings is 2. The summed E-state index contributed by atoms with van der Waals surface area (Å²) in [6, 6.07) is 13.7. The Labute approximate surface area is 135 Å². The molecule has 1 atom stereocenters. The Hall–Kier alpha value is -2.15. The third-order valence-corrected chi connectivity index (χ3v) is 5.63. The fourth-order valence-corrected chi connectivity index (χ4v) is 4.00. The molecule has 0 bridgehead atoms. The number of aryl methyl sites for hydroxylation is 1. The van der Waals surface area contributed by atoms with Crippen LogP contribution < -0.4 is 11.5 Å². The largest absolute Gasteiger partial charge is 0.329 e. The molecule has 0 aliphatic carbocycles. The molecule has 0 aliphatic rings. The van der Waals surface area contributed by atoms with Crippen LogP contribution >= 0.6 is 0 Å². The molecule has 1 aromatic heterocycles. The van der Waals surface area contributed by atoms with Crippen molar-refractivity contribution in [2.75, 3.05) is 6.54 Å². The van der Waals surface area contributed by atoms with Gasteiger partial charge in [-0.1, -0.05) is 35.9 Å². The first-order valence-electron chi connectivity index (χ1n) is 7.33. The van der Waals surface area contributed by atoms with Crippen LogP contribution in [0, 0.1) is 6.92 Å². The Kier molecular flexibility index (Phi) is 3.97. The second kappa shape index (κ2) is 5.81. The summed E-state index contributed by atoms with van der Waals surface area (Å²) in [6.45, 7) is 2.17. The normalized spacial score (nSPS) is 13.3. The zero-order valence-corrected chi connectivity index (χ0v) is 13.6. The number of para-hydroxylation sites is 1. The van der Waals surface area contributed by atoms with E-state index in [1.807, 2.05) is 19.1 Å². The highest BCUT2D eigenvalue weighted by Gasteiger charge is 2.22. The number of rotatable bonds is 4. The van der Waals surface area contributed by atoms with Crippen molar-refractivity contribution in [3.8, 4) is 0 Å². The monoisotopic (exact) mass is 329 g/mol. The quantitative estimate of drug-likeness (QED) is 0.767. The third kappa shape index (κ3) is 2.65. The van der Waals surface area contributed by atoms with Gasteiger partial charge in [0, 0.05) is 24.2 Å². The first-order valence-corrected chi connectivity index (χ1v) is 8.77. The van der Waals surface area contributed by atoms with Crippen LogP contribution in [0.2, 0.25) is 0 Å². The topological polar surface area (TPSA) is 91.1 Å². The van der Waals surface area contributed by atoms with E-state index in [2.05, 4.69) is 0 Å². The molecule has 3 rings (SSSR count). The molecule has 2 aromatic carbocycles. The van der Waals surface area contributed by atoms with E-state index in [-0.39, 0.29) is 11.4 Å². The zero-order chi connectivity index (χ0) is 16.6. The van der Waals surface area contributed by atoms with E-state index in [9.17, 15) is 8.42 Å². The summed E-state index contributed by atoms with van der Waals surface area (Å²) in [5.41, 5.74) is 14.0. The Bertz CT molecular complexity index is 944. The van der Waals surface area contributed by atoms with E-state index in [0.717, 1.165) is 16.5 Å². The van der Waals surface area contributed by atoms with Crippen molar-refractivity contribution in [2.45, 2.75) is 17.9 Å². The molecule has 0 spiro atoms. The Morgan fingerprint density at radius 1 is 1.09 bits per heavy atom. The van der Waals surface area contributed by atoms with Crippen LogP contribution in [0.25, 0.3) is 10.9 Å². The van der Waals surface area contributed by atoms with Gasteiger partial charge in [-0.25, -0.2) is 12.4 Å². The van der Waals surface area contributed by atoms with Gasteiger partial charge >= 0.3 is 0 Å². The maximum absolute atomic E-state index is 13.0. The Balaban J connectivity index is 2.25. The van der Waals surface area contributed by atoms with Crippen LogP contribution in [-0.4, -0.2) is 18.9 Å². The molecule has 6 heteroatoms. The van der Waals surface area contributed by atoms with Gasteiger partial charge in [-0.05, 0) is 30.7 Å². The smallest absolute Gasteiger partial charge is 0.268 e. The number of nitrogens with two attached hydrogens (primary N) is 2. The predicted octanol–water partition coefficient (Wildman–Crippen LogP) is 2.15. The van der Waals surface area contributed by atoms with Crippen LogP contribution in [-0.2, 0) is 10.0 Å². The number of hydrogen-bond acceptors (Lipinski definition) is 4. The highest BCUT2D eigenvalue weighted by molar-refractivity contribution is 7.90. The van der Waals surface area contributed by atoms with Crippen molar-refractivity contribution in [2.24, 2.45) is 11.5 Å². The summed E-state index contributed by atoms with van der Waals surface area (Å²) in [5.74, 6) is 0. The average molecular weight is 329 g/mol. The van der Waals surface area contributed by atoms with Gasteiger partial charge in [0.25, 0.3) is 10.0 Å². The summed E-state index contributed by atoms with van der Waals surface area (Å²) >= 11 is 0. The van der Waals surface area contributed by atoms with Crippen LogP contribution in [0.5, 0.6) is 0 Å². The molecule has 1 heterocycles. The molecular weight excluding hydrogens is 310 g/mol. The molecular formula is C17H19N3O2S. The predicted molar refractivity (Wildman–Crippen MR) is 91.7 cm³/mol. The fourth-order valence-electron chi connectivity index (χ4n) is 2.62. The molecule has 23 heavy (non-hydrogen) atoms. The minimum Gasteiger partial charge on any atom is -0.329 e. The van der Waals surface area contributed by atoms with Crippen LogP contribution in [0.3, 0.4) is 0 Å². The van der Waals surface area contributed by atoms with Crippen molar-refractivity contribution in [3.63, 3.8) is 0 Å². The lowest BCUT2D eigenvalue weighted by Gasteiger charge is -2.08. The van der Waals surface area contributed by atoms with Gasteiger partial charge in [0.05, 0.1) is 10.4 Å². The van der Waals surface area contributed by atoms with Gasteiger partial charge in [0.15, 0.2) is 0 Å². The summed E-state index contributed by atoms with van der Waals surface area (Å²) < 4.78 is 27.2. The van der Waals surface area contributed by atoms with E-state index in [1.54, 1.807) is 42.6 Å². The molecule has 0 saturated carbocycles. The first-order chi connectivity index (χ1) is 10.9. The molecule has 0 fully saturated rings. The summed E-state index contributed by atoms with van der Waals surface area (Å²) in [5, 5.41) is 0.807. The van der Waals surface area contributed by atoms with Crippen LogP contribution in [0.4, 0.5) is 0 Å². The van der Waals surface area contributed by atoms with Gasteiger partial charge < -0.3 is 11.5 Å². The second-order valence-corrected chi connectivity index (χ2v) is 7.37. The number of nitrogens with zero attached hydrogens (tertiary/aromatic N) is 1. The van der Waals surface area contributed by atoms with E-state index in [1.165, 1.54) is 3.97 Å². The minimum absolute atomic E-state index is 0.247. The van der Waals surface area contributed by atoms with Crippen LogP contribution in [0.1, 0.15) is 17.2 Å². The van der Waals surface area contributed by atoms with Crippen LogP contribution in [0.15, 0.2) is 59.6 Å². The second-order valence-electron chi connectivity index (χ2n) is 5.56. The van der Waals surface area contributed by atoms with Crippen molar-refractivity contribution in [1.82, 2.24) is 3.97 Å². The lowest BCUT2D eigenvalue weighted by Crippen LogP contribution is -2.20. The van der Waals surface area contributed by atoms with Crippen molar-refractivity contribution < 1.29 is 8.42 Å². The maximum atomic E-state index is 13.0. The lowest BCUT2D eigenvalue weighted by atomic mass is 10.1. The number of fused-ring (bicyclic) bond motifs is 1. The van der Waals surface area contributed by atoms with E-state index < -0.39 is 16.1 Å². The minimum atomic E-state index is -3.68. The molecule has 0 aliphatic heterocycles. The summed E-state index contributed by atoms with van der Waals surface area (Å²) in [4.78, 5) is 0.247. The summed E-state index contributed by atoms with van der Waals surface area (Å²) in [7, 11) is -3.68. The van der Waals surface area contributed by atoms with Gasteiger partial charge in [-0.2, -0.15) is 0 Å². The molecule has 120 valence electrons. The Morgan fingerprint density at radius 3 is 2.39 bits per heavy atom. The maximum Gasteiger partial charge on any atom is 0.268 e. The van der Waals surface area contributed by atoms with E-state index in [4.69, 9.17) is 11.5 Å². The molecule has 3 aromatic rings. The Morgan fingerprint density at radius 2 is 1.74 bits per heavy atom. The highest BCUT2D eigenvalue weighted by Crippen LogP contribution is 2.28. The first kappa shape index (κ1) is 15.7. The van der Waals surface area contributed by atoms with Gasteiger partial charge in [0.1, 0.15) is 0 Å². The van der Waals surface area contributed by atoms with Crippen molar-refractivity contribution in [1.29, 1.82) is 0 Å². The lowest BCUT2D eigenvalue weighted by molar-refractivity contribution is 0.588. The molecule has 0 saturated heterocycles. The van der Waals surface area contributed by atoms with Gasteiger partial charge in [-0.3, -0.25) is 0 Å². The molecule has 0 radical (unpaired) electrons. The van der Waals surface area contributed by atoms with E-state index in [0.29, 0.717) is 5.52 Å². The van der Waals surface area contributed by atoms with Gasteiger partial charge in [-0.15, -0.1) is 0 Å². The van der Waals surface area contributed by atoms with E-state index >= 15 is 0 Å². The molecule has 4 N–H and O–H groups in total. The van der Waals surface area contributed by atoms with Gasteiger partial charge in [0.2, 0.25) is 0 Å². The van der Waals surface area contributed by atoms with Crippen molar-refractivity contribution in [3.05, 3.63) is 65.9 Å². The SMILES string of the molecule is Cc1ccc(S(=O)(=O)n2cc(C(N)CN)c3ccccc32)cc1. The molecule has 1 unspecified atom stereocenters. The highest BCUT2D eigenvalue weighted by atomic mass is 32.2. The molecule has 0 amide bonds. The van der Waals surface area contributed by atoms with Crippen molar-refractivity contribution >= 4 is 20.9 Å². The third-order valence-electron chi connectivity index (χ3n) is 3.94. The zero-order valence-electron chi connectivity index (χ0n) is 12.8. The standard InChI is InChI=1S/C17H19N3O2S/c1-12-6-8-13(9-7-12)23(21,22)20-11-15(16(19)10-18)14-4-2-3-5-17(14)20/h2-9,11,16H,10,18-19H2,1H3. The molecule has 5 nitrogen and oxygen atoms in total. The average Bonchev–Trinajstić information content (AvgIpc) is 2.95. The fraction of sp³-hybridized carbons (Fsp3) is 0.176.